The van der Waals surface area contributed by atoms with E-state index in [-0.39, 0.29) is 31.9 Å². The average molecular weight is 360 g/mol. The largest absolute Gasteiger partial charge is 0.465 e. The minimum atomic E-state index is -3.30. The first-order valence-corrected chi connectivity index (χ1v) is 9.26. The zero-order valence-electron chi connectivity index (χ0n) is 13.5. The Hall–Kier alpha value is -1.74. The van der Waals surface area contributed by atoms with Gasteiger partial charge in [0.1, 0.15) is 24.3 Å². The minimum absolute atomic E-state index is 0.0106. The van der Waals surface area contributed by atoms with Crippen LogP contribution in [0.3, 0.4) is 0 Å². The standard InChI is InChI=1S/C13H21N4O6P/c1-3-21-12(18)9(2)16-24(20)8-22-10(7-23-24)6-17-5-4-11(14)15-13(17)19/h4-5,9-10H,3,6-8H2,1-2H3,(H,16,20)(H2,14,15,19)/t9?,10-,24?/m0/s1. The molecule has 0 bridgehead atoms. The first-order valence-electron chi connectivity index (χ1n) is 7.45. The van der Waals surface area contributed by atoms with Crippen LogP contribution in [0.15, 0.2) is 17.1 Å². The molecule has 2 heterocycles. The molecule has 2 rings (SSSR count). The third-order valence-electron chi connectivity index (χ3n) is 3.28. The monoisotopic (exact) mass is 360 g/mol. The first-order chi connectivity index (χ1) is 11.3. The summed E-state index contributed by atoms with van der Waals surface area (Å²) in [4.78, 5) is 26.9. The van der Waals surface area contributed by atoms with Crippen molar-refractivity contribution in [2.24, 2.45) is 0 Å². The molecule has 1 aliphatic heterocycles. The summed E-state index contributed by atoms with van der Waals surface area (Å²) in [5, 5.41) is 2.62. The van der Waals surface area contributed by atoms with E-state index < -0.39 is 31.3 Å². The molecule has 11 heteroatoms. The van der Waals surface area contributed by atoms with Gasteiger partial charge in [0.2, 0.25) is 0 Å². The van der Waals surface area contributed by atoms with E-state index in [0.717, 1.165) is 0 Å². The lowest BCUT2D eigenvalue weighted by Gasteiger charge is -2.31. The number of esters is 1. The van der Waals surface area contributed by atoms with Gasteiger partial charge in [0, 0.05) is 6.20 Å². The smallest absolute Gasteiger partial charge is 0.349 e. The molecule has 0 radical (unpaired) electrons. The summed E-state index contributed by atoms with van der Waals surface area (Å²) in [6, 6.07) is 0.721. The second kappa shape index (κ2) is 7.89. The molecular formula is C13H21N4O6P. The normalized spacial score (nSPS) is 25.2. The first kappa shape index (κ1) is 18.6. The minimum Gasteiger partial charge on any atom is -0.465 e. The van der Waals surface area contributed by atoms with Crippen LogP contribution in [-0.2, 0) is 29.9 Å². The van der Waals surface area contributed by atoms with Crippen LogP contribution in [0.25, 0.3) is 0 Å². The van der Waals surface area contributed by atoms with E-state index in [2.05, 4.69) is 10.1 Å². The van der Waals surface area contributed by atoms with E-state index in [1.54, 1.807) is 6.92 Å². The van der Waals surface area contributed by atoms with Gasteiger partial charge in [-0.2, -0.15) is 4.98 Å². The van der Waals surface area contributed by atoms with Crippen molar-refractivity contribution in [2.45, 2.75) is 32.5 Å². The summed E-state index contributed by atoms with van der Waals surface area (Å²) in [5.41, 5.74) is 4.93. The van der Waals surface area contributed by atoms with E-state index in [1.807, 2.05) is 0 Å². The number of carbonyl (C=O) groups excluding carboxylic acids is 1. The lowest BCUT2D eigenvalue weighted by atomic mass is 10.3. The maximum Gasteiger partial charge on any atom is 0.349 e. The van der Waals surface area contributed by atoms with Gasteiger partial charge in [0.25, 0.3) is 7.52 Å². The molecule has 3 atom stereocenters. The third-order valence-corrected chi connectivity index (χ3v) is 5.11. The summed E-state index contributed by atoms with van der Waals surface area (Å²) in [7, 11) is -3.30. The molecule has 1 aliphatic rings. The summed E-state index contributed by atoms with van der Waals surface area (Å²) in [6.07, 6.45) is 0.830. The van der Waals surface area contributed by atoms with Gasteiger partial charge in [0.05, 0.1) is 19.8 Å². The Kier molecular flexibility index (Phi) is 6.11. The van der Waals surface area contributed by atoms with E-state index in [1.165, 1.54) is 23.8 Å². The van der Waals surface area contributed by atoms with Crippen molar-refractivity contribution in [3.05, 3.63) is 22.7 Å². The highest BCUT2D eigenvalue weighted by molar-refractivity contribution is 7.56. The highest BCUT2D eigenvalue weighted by atomic mass is 31.2. The van der Waals surface area contributed by atoms with Gasteiger partial charge in [-0.1, -0.05) is 0 Å². The molecule has 2 unspecified atom stereocenters. The zero-order chi connectivity index (χ0) is 17.7. The Labute approximate surface area is 138 Å². The molecule has 134 valence electrons. The molecule has 3 N–H and O–H groups in total. The maximum absolute atomic E-state index is 12.5. The molecule has 0 amide bonds. The van der Waals surface area contributed by atoms with Crippen molar-refractivity contribution in [3.8, 4) is 0 Å². The third kappa shape index (κ3) is 4.88. The Morgan fingerprint density at radius 1 is 1.67 bits per heavy atom. The highest BCUT2D eigenvalue weighted by Gasteiger charge is 2.35. The quantitative estimate of drug-likeness (QED) is 0.528. The van der Waals surface area contributed by atoms with Crippen molar-refractivity contribution in [3.63, 3.8) is 0 Å². The fourth-order valence-electron chi connectivity index (χ4n) is 2.09. The second-order valence-corrected chi connectivity index (χ2v) is 7.40. The molecule has 24 heavy (non-hydrogen) atoms. The van der Waals surface area contributed by atoms with Crippen molar-refractivity contribution >= 4 is 19.3 Å². The second-order valence-electron chi connectivity index (χ2n) is 5.28. The number of nitrogen functional groups attached to an aromatic ring is 1. The van der Waals surface area contributed by atoms with Gasteiger partial charge in [-0.3, -0.25) is 13.9 Å². The van der Waals surface area contributed by atoms with Crippen LogP contribution >= 0.6 is 7.52 Å². The molecule has 0 spiro atoms. The molecule has 10 nitrogen and oxygen atoms in total. The van der Waals surface area contributed by atoms with Crippen molar-refractivity contribution < 1.29 is 23.4 Å². The number of carbonyl (C=O) groups is 1. The van der Waals surface area contributed by atoms with E-state index in [0.29, 0.717) is 0 Å². The number of nitrogens with two attached hydrogens (primary N) is 1. The van der Waals surface area contributed by atoms with Crippen molar-refractivity contribution in [2.75, 3.05) is 25.3 Å². The van der Waals surface area contributed by atoms with Crippen LogP contribution in [0.1, 0.15) is 13.8 Å². The Bertz CT molecular complexity index is 681. The van der Waals surface area contributed by atoms with E-state index in [4.69, 9.17) is 19.7 Å². The summed E-state index contributed by atoms with van der Waals surface area (Å²) in [5.74, 6) is -0.378. The van der Waals surface area contributed by atoms with Crippen LogP contribution in [-0.4, -0.2) is 47.2 Å². The Morgan fingerprint density at radius 2 is 2.42 bits per heavy atom. The molecule has 0 aromatic carbocycles. The Balaban J connectivity index is 1.89. The molecule has 0 aliphatic carbocycles. The molecule has 1 fully saturated rings. The van der Waals surface area contributed by atoms with Crippen LogP contribution in [0.5, 0.6) is 0 Å². The Morgan fingerprint density at radius 3 is 3.00 bits per heavy atom. The zero-order valence-corrected chi connectivity index (χ0v) is 14.4. The van der Waals surface area contributed by atoms with Gasteiger partial charge in [0.15, 0.2) is 0 Å². The summed E-state index contributed by atoms with van der Waals surface area (Å²) >= 11 is 0. The number of ether oxygens (including phenoxy) is 2. The number of anilines is 1. The van der Waals surface area contributed by atoms with E-state index in [9.17, 15) is 14.2 Å². The molecule has 1 aromatic rings. The van der Waals surface area contributed by atoms with E-state index >= 15 is 0 Å². The van der Waals surface area contributed by atoms with Gasteiger partial charge in [-0.15, -0.1) is 0 Å². The highest BCUT2D eigenvalue weighted by Crippen LogP contribution is 2.46. The lowest BCUT2D eigenvalue weighted by molar-refractivity contribution is -0.144. The number of aromatic nitrogens is 2. The van der Waals surface area contributed by atoms with Gasteiger partial charge < -0.3 is 19.7 Å². The molecule has 0 saturated carbocycles. The van der Waals surface area contributed by atoms with Crippen LogP contribution in [0.2, 0.25) is 0 Å². The molecule has 1 saturated heterocycles. The summed E-state index contributed by atoms with van der Waals surface area (Å²) < 4.78 is 29.5. The van der Waals surface area contributed by atoms with Crippen LogP contribution in [0, 0.1) is 0 Å². The van der Waals surface area contributed by atoms with Crippen molar-refractivity contribution in [1.82, 2.24) is 14.6 Å². The SMILES string of the molecule is CCOC(=O)C(C)NP1(=O)CO[C@@H](Cn2ccc(N)nc2=O)CO1. The number of nitrogens with zero attached hydrogens (tertiary/aromatic N) is 2. The maximum atomic E-state index is 12.5. The number of nitrogens with one attached hydrogen (secondary N) is 1. The van der Waals surface area contributed by atoms with Gasteiger partial charge >= 0.3 is 11.7 Å². The number of rotatable bonds is 6. The fourth-order valence-corrected chi connectivity index (χ4v) is 3.82. The molecular weight excluding hydrogens is 339 g/mol. The fraction of sp³-hybridized carbons (Fsp3) is 0.615. The van der Waals surface area contributed by atoms with Gasteiger partial charge in [-0.05, 0) is 19.9 Å². The van der Waals surface area contributed by atoms with Crippen molar-refractivity contribution in [1.29, 1.82) is 0 Å². The number of hydrogen-bond acceptors (Lipinski definition) is 8. The van der Waals surface area contributed by atoms with Crippen LogP contribution in [0.4, 0.5) is 5.82 Å². The lowest BCUT2D eigenvalue weighted by Crippen LogP contribution is -2.40. The molecule has 1 aromatic heterocycles. The van der Waals surface area contributed by atoms with Crippen LogP contribution < -0.4 is 16.5 Å². The predicted octanol–water partition coefficient (Wildman–Crippen LogP) is -0.0673. The van der Waals surface area contributed by atoms with Gasteiger partial charge in [-0.25, -0.2) is 9.88 Å². The predicted molar refractivity (Wildman–Crippen MR) is 85.4 cm³/mol. The average Bonchev–Trinajstić information content (AvgIpc) is 2.52. The summed E-state index contributed by atoms with van der Waals surface area (Å²) in [6.45, 7) is 3.66. The topological polar surface area (TPSA) is 135 Å². The number of hydrogen-bond donors (Lipinski definition) is 2.